The van der Waals surface area contributed by atoms with Crippen molar-refractivity contribution in [3.05, 3.63) is 28.5 Å². The van der Waals surface area contributed by atoms with Crippen LogP contribution in [-0.2, 0) is 10.0 Å². The van der Waals surface area contributed by atoms with Gasteiger partial charge in [-0.25, -0.2) is 17.5 Å². The van der Waals surface area contributed by atoms with E-state index in [1.807, 2.05) is 0 Å². The van der Waals surface area contributed by atoms with Gasteiger partial charge in [0.05, 0.1) is 0 Å². The molecular weight excluding hydrogens is 359 g/mol. The second kappa shape index (κ2) is 6.49. The zero-order valence-corrected chi connectivity index (χ0v) is 13.2. The van der Waals surface area contributed by atoms with Crippen molar-refractivity contribution in [2.45, 2.75) is 23.8 Å². The van der Waals surface area contributed by atoms with Gasteiger partial charge in [0.25, 0.3) is 0 Å². The smallest absolute Gasteiger partial charge is 0.243 e. The van der Waals surface area contributed by atoms with E-state index >= 15 is 0 Å². The Morgan fingerprint density at radius 3 is 2.63 bits per heavy atom. The minimum atomic E-state index is -3.86. The van der Waals surface area contributed by atoms with Crippen molar-refractivity contribution in [3.8, 4) is 0 Å². The normalized spacial score (nSPS) is 16.8. The summed E-state index contributed by atoms with van der Waals surface area (Å²) >= 11 is 3.13. The molecule has 0 heterocycles. The van der Waals surface area contributed by atoms with E-state index in [1.165, 1.54) is 12.1 Å². The predicted molar refractivity (Wildman–Crippen MR) is 77.2 cm³/mol. The highest BCUT2D eigenvalue weighted by atomic mass is 79.9. The third-order valence-electron chi connectivity index (χ3n) is 2.93. The second-order valence-corrected chi connectivity index (χ2v) is 6.97. The second-order valence-electron chi connectivity index (χ2n) is 4.38. The SMILES string of the molecule is Cl.NCC(NS(=O)(=O)c1cc(Br)ccc1F)C1CC1. The van der Waals surface area contributed by atoms with Gasteiger partial charge in [-0.05, 0) is 37.0 Å². The molecule has 0 aliphatic heterocycles. The van der Waals surface area contributed by atoms with E-state index in [4.69, 9.17) is 5.73 Å². The van der Waals surface area contributed by atoms with Gasteiger partial charge in [-0.3, -0.25) is 0 Å². The van der Waals surface area contributed by atoms with Crippen LogP contribution < -0.4 is 10.5 Å². The molecule has 2 rings (SSSR count). The van der Waals surface area contributed by atoms with Crippen molar-refractivity contribution in [2.75, 3.05) is 6.54 Å². The largest absolute Gasteiger partial charge is 0.329 e. The van der Waals surface area contributed by atoms with Crippen molar-refractivity contribution in [1.29, 1.82) is 0 Å². The standard InChI is InChI=1S/C11H14BrFN2O2S.ClH/c12-8-3-4-9(13)11(5-8)18(16,17)15-10(6-14)7-1-2-7;/h3-5,7,10,15H,1-2,6,14H2;1H. The fraction of sp³-hybridized carbons (Fsp3) is 0.455. The monoisotopic (exact) mass is 372 g/mol. The van der Waals surface area contributed by atoms with E-state index in [-0.39, 0.29) is 35.8 Å². The molecule has 1 fully saturated rings. The molecule has 0 bridgehead atoms. The Kier molecular flexibility index (Phi) is 5.76. The number of hydrogen-bond acceptors (Lipinski definition) is 3. The van der Waals surface area contributed by atoms with E-state index in [0.29, 0.717) is 4.47 Å². The minimum absolute atomic E-state index is 0. The van der Waals surface area contributed by atoms with Crippen molar-refractivity contribution in [3.63, 3.8) is 0 Å². The first-order valence-corrected chi connectivity index (χ1v) is 7.89. The Labute approximate surface area is 126 Å². The molecule has 1 aliphatic rings. The third kappa shape index (κ3) is 4.13. The van der Waals surface area contributed by atoms with E-state index < -0.39 is 15.8 Å². The third-order valence-corrected chi connectivity index (χ3v) is 4.93. The minimum Gasteiger partial charge on any atom is -0.329 e. The summed E-state index contributed by atoms with van der Waals surface area (Å²) < 4.78 is 40.7. The number of nitrogens with two attached hydrogens (primary N) is 1. The zero-order chi connectivity index (χ0) is 13.3. The Morgan fingerprint density at radius 1 is 1.47 bits per heavy atom. The van der Waals surface area contributed by atoms with Gasteiger partial charge in [0.15, 0.2) is 0 Å². The van der Waals surface area contributed by atoms with Gasteiger partial charge in [0.2, 0.25) is 10.0 Å². The molecule has 4 nitrogen and oxygen atoms in total. The Bertz CT molecular complexity index is 552. The molecule has 1 aromatic carbocycles. The average molecular weight is 374 g/mol. The van der Waals surface area contributed by atoms with Crippen LogP contribution in [0.15, 0.2) is 27.6 Å². The van der Waals surface area contributed by atoms with E-state index in [1.54, 1.807) is 0 Å². The maximum atomic E-state index is 13.6. The molecule has 1 atom stereocenters. The van der Waals surface area contributed by atoms with Gasteiger partial charge in [-0.1, -0.05) is 15.9 Å². The molecule has 0 aromatic heterocycles. The number of hydrogen-bond donors (Lipinski definition) is 2. The van der Waals surface area contributed by atoms with Crippen LogP contribution in [0.1, 0.15) is 12.8 Å². The maximum Gasteiger partial charge on any atom is 0.243 e. The molecular formula is C11H15BrClFN2O2S. The van der Waals surface area contributed by atoms with Gasteiger partial charge < -0.3 is 5.73 Å². The highest BCUT2D eigenvalue weighted by molar-refractivity contribution is 9.10. The molecule has 8 heteroatoms. The van der Waals surface area contributed by atoms with Crippen LogP contribution in [0.5, 0.6) is 0 Å². The van der Waals surface area contributed by atoms with E-state index in [2.05, 4.69) is 20.7 Å². The molecule has 0 radical (unpaired) electrons. The van der Waals surface area contributed by atoms with E-state index in [0.717, 1.165) is 18.9 Å². The Hall–Kier alpha value is -0.210. The lowest BCUT2D eigenvalue weighted by atomic mass is 10.2. The maximum absolute atomic E-state index is 13.6. The Morgan fingerprint density at radius 2 is 2.11 bits per heavy atom. The predicted octanol–water partition coefficient (Wildman–Crippen LogP) is 2.03. The fourth-order valence-corrected chi connectivity index (χ4v) is 3.71. The summed E-state index contributed by atoms with van der Waals surface area (Å²) in [7, 11) is -3.86. The van der Waals surface area contributed by atoms with Gasteiger partial charge in [-0.15, -0.1) is 12.4 Å². The summed E-state index contributed by atoms with van der Waals surface area (Å²) in [6.45, 7) is 0.222. The first-order valence-electron chi connectivity index (χ1n) is 5.61. The van der Waals surface area contributed by atoms with Crippen molar-refractivity contribution < 1.29 is 12.8 Å². The van der Waals surface area contributed by atoms with Crippen LogP contribution in [-0.4, -0.2) is 21.0 Å². The summed E-state index contributed by atoms with van der Waals surface area (Å²) in [4.78, 5) is -0.351. The number of rotatable bonds is 5. The lowest BCUT2D eigenvalue weighted by Gasteiger charge is -2.16. The first kappa shape index (κ1) is 16.8. The van der Waals surface area contributed by atoms with Gasteiger partial charge in [0, 0.05) is 17.1 Å². The van der Waals surface area contributed by atoms with Gasteiger partial charge in [-0.2, -0.15) is 0 Å². The number of benzene rings is 1. The van der Waals surface area contributed by atoms with Crippen LogP contribution in [0.25, 0.3) is 0 Å². The lowest BCUT2D eigenvalue weighted by molar-refractivity contribution is 0.511. The van der Waals surface area contributed by atoms with Gasteiger partial charge >= 0.3 is 0 Å². The number of halogens is 3. The van der Waals surface area contributed by atoms with Crippen LogP contribution in [0.4, 0.5) is 4.39 Å². The summed E-state index contributed by atoms with van der Waals surface area (Å²) in [6.07, 6.45) is 1.93. The first-order chi connectivity index (χ1) is 8.44. The molecule has 0 amide bonds. The topological polar surface area (TPSA) is 72.2 Å². The lowest BCUT2D eigenvalue weighted by Crippen LogP contribution is -2.41. The highest BCUT2D eigenvalue weighted by Crippen LogP contribution is 2.33. The van der Waals surface area contributed by atoms with Crippen molar-refractivity contribution in [1.82, 2.24) is 4.72 Å². The quantitative estimate of drug-likeness (QED) is 0.829. The van der Waals surface area contributed by atoms with Crippen LogP contribution >= 0.6 is 28.3 Å². The molecule has 0 saturated heterocycles. The number of sulfonamides is 1. The molecule has 3 N–H and O–H groups in total. The molecule has 1 saturated carbocycles. The average Bonchev–Trinajstić information content (AvgIpc) is 3.13. The van der Waals surface area contributed by atoms with Crippen LogP contribution in [0, 0.1) is 11.7 Å². The Balaban J connectivity index is 0.00000180. The number of nitrogens with one attached hydrogen (secondary N) is 1. The highest BCUT2D eigenvalue weighted by Gasteiger charge is 2.34. The van der Waals surface area contributed by atoms with Crippen LogP contribution in [0.3, 0.4) is 0 Å². The van der Waals surface area contributed by atoms with Gasteiger partial charge in [0.1, 0.15) is 10.7 Å². The molecule has 108 valence electrons. The summed E-state index contributed by atoms with van der Waals surface area (Å²) in [6, 6.07) is 3.51. The molecule has 1 aromatic rings. The molecule has 19 heavy (non-hydrogen) atoms. The zero-order valence-electron chi connectivity index (χ0n) is 9.97. The molecule has 0 spiro atoms. The fourth-order valence-electron chi connectivity index (χ4n) is 1.78. The summed E-state index contributed by atoms with van der Waals surface area (Å²) in [5.74, 6) is -0.489. The summed E-state index contributed by atoms with van der Waals surface area (Å²) in [5, 5.41) is 0. The summed E-state index contributed by atoms with van der Waals surface area (Å²) in [5.41, 5.74) is 5.54. The van der Waals surface area contributed by atoms with Crippen molar-refractivity contribution in [2.24, 2.45) is 11.7 Å². The molecule has 1 unspecified atom stereocenters. The van der Waals surface area contributed by atoms with Crippen LogP contribution in [0.2, 0.25) is 0 Å². The van der Waals surface area contributed by atoms with E-state index in [9.17, 15) is 12.8 Å². The van der Waals surface area contributed by atoms with Crippen molar-refractivity contribution >= 4 is 38.4 Å². The molecule has 1 aliphatic carbocycles.